The Morgan fingerprint density at radius 3 is 2.28 bits per heavy atom. The average Bonchev–Trinajstić information content (AvgIpc) is 3.44. The van der Waals surface area contributed by atoms with E-state index in [-0.39, 0.29) is 29.1 Å². The number of nitrogens with zero attached hydrogens (tertiary/aromatic N) is 2. The number of aryl methyl sites for hydroxylation is 1. The van der Waals surface area contributed by atoms with Gasteiger partial charge in [-0.1, -0.05) is 78.5 Å². The Morgan fingerprint density at radius 1 is 0.974 bits per heavy atom. The summed E-state index contributed by atoms with van der Waals surface area (Å²) in [7, 11) is -4.12. The van der Waals surface area contributed by atoms with Gasteiger partial charge in [-0.3, -0.25) is 13.9 Å². The third-order valence-electron chi connectivity index (χ3n) is 7.05. The molecule has 7 nitrogen and oxygen atoms in total. The monoisotopic (exact) mass is 567 g/mol. The Hall–Kier alpha value is -3.36. The SMILES string of the molecule is Cc1ccc(CN(C(=O)CN(c2cccc(Cl)c2)S(=O)(=O)c2ccccc2)C(C)C(=O)NC2CCCC2)cc1. The molecule has 1 aliphatic rings. The van der Waals surface area contributed by atoms with Crippen molar-refractivity contribution in [2.75, 3.05) is 10.8 Å². The normalized spacial score (nSPS) is 14.5. The highest BCUT2D eigenvalue weighted by atomic mass is 35.5. The molecular formula is C30H34ClN3O4S. The number of amides is 2. The molecule has 1 fully saturated rings. The van der Waals surface area contributed by atoms with Gasteiger partial charge in [0.2, 0.25) is 11.8 Å². The van der Waals surface area contributed by atoms with Crippen molar-refractivity contribution in [3.05, 3.63) is 95.0 Å². The molecular weight excluding hydrogens is 534 g/mol. The predicted octanol–water partition coefficient (Wildman–Crippen LogP) is 5.32. The molecule has 0 saturated heterocycles. The van der Waals surface area contributed by atoms with E-state index in [1.54, 1.807) is 43.3 Å². The molecule has 1 aliphatic carbocycles. The second kappa shape index (κ2) is 12.7. The molecule has 1 atom stereocenters. The first-order valence-electron chi connectivity index (χ1n) is 13.1. The van der Waals surface area contributed by atoms with Gasteiger partial charge < -0.3 is 10.2 Å². The van der Waals surface area contributed by atoms with Crippen molar-refractivity contribution in [1.29, 1.82) is 0 Å². The fraction of sp³-hybridized carbons (Fsp3) is 0.333. The van der Waals surface area contributed by atoms with E-state index >= 15 is 0 Å². The Kier molecular flexibility index (Phi) is 9.30. The second-order valence-corrected chi connectivity index (χ2v) is 12.3. The van der Waals surface area contributed by atoms with Gasteiger partial charge in [0.25, 0.3) is 10.0 Å². The molecule has 0 heterocycles. The summed E-state index contributed by atoms with van der Waals surface area (Å²) in [5, 5.41) is 3.42. The lowest BCUT2D eigenvalue weighted by Gasteiger charge is -2.32. The molecule has 1 N–H and O–H groups in total. The fourth-order valence-electron chi connectivity index (χ4n) is 4.74. The maximum atomic E-state index is 14.0. The van der Waals surface area contributed by atoms with Gasteiger partial charge in [-0.25, -0.2) is 8.42 Å². The summed E-state index contributed by atoms with van der Waals surface area (Å²) in [6.45, 7) is 3.32. The summed E-state index contributed by atoms with van der Waals surface area (Å²) in [4.78, 5) is 28.7. The first kappa shape index (κ1) is 28.6. The van der Waals surface area contributed by atoms with Crippen LogP contribution in [0.2, 0.25) is 5.02 Å². The number of halogens is 1. The zero-order valence-corrected chi connectivity index (χ0v) is 23.8. The van der Waals surface area contributed by atoms with Crippen LogP contribution >= 0.6 is 11.6 Å². The zero-order valence-electron chi connectivity index (χ0n) is 22.2. The highest BCUT2D eigenvalue weighted by Gasteiger charge is 2.33. The van der Waals surface area contributed by atoms with Crippen LogP contribution in [0.5, 0.6) is 0 Å². The number of hydrogen-bond donors (Lipinski definition) is 1. The third kappa shape index (κ3) is 7.19. The Labute approximate surface area is 235 Å². The van der Waals surface area contributed by atoms with Crippen molar-refractivity contribution in [3.63, 3.8) is 0 Å². The molecule has 39 heavy (non-hydrogen) atoms. The van der Waals surface area contributed by atoms with Gasteiger partial charge in [0.15, 0.2) is 0 Å². The fourth-order valence-corrected chi connectivity index (χ4v) is 6.36. The van der Waals surface area contributed by atoms with E-state index in [2.05, 4.69) is 5.32 Å². The number of carbonyl (C=O) groups excluding carboxylic acids is 2. The maximum absolute atomic E-state index is 14.0. The van der Waals surface area contributed by atoms with Crippen molar-refractivity contribution >= 4 is 39.1 Å². The van der Waals surface area contributed by atoms with E-state index in [1.807, 2.05) is 31.2 Å². The number of anilines is 1. The molecule has 0 bridgehead atoms. The van der Waals surface area contributed by atoms with Gasteiger partial charge in [0.05, 0.1) is 10.6 Å². The lowest BCUT2D eigenvalue weighted by molar-refractivity contribution is -0.139. The summed E-state index contributed by atoms with van der Waals surface area (Å²) in [6.07, 6.45) is 3.97. The van der Waals surface area contributed by atoms with Crippen LogP contribution in [0.15, 0.2) is 83.8 Å². The van der Waals surface area contributed by atoms with E-state index in [9.17, 15) is 18.0 Å². The highest BCUT2D eigenvalue weighted by Crippen LogP contribution is 2.27. The Balaban J connectivity index is 1.67. The van der Waals surface area contributed by atoms with Crippen LogP contribution in [0.4, 0.5) is 5.69 Å². The summed E-state index contributed by atoms with van der Waals surface area (Å²) in [5.74, 6) is -0.744. The number of nitrogens with one attached hydrogen (secondary N) is 1. The van der Waals surface area contributed by atoms with Crippen LogP contribution in [-0.4, -0.2) is 43.8 Å². The number of carbonyl (C=O) groups is 2. The number of rotatable bonds is 10. The van der Waals surface area contributed by atoms with Gasteiger partial charge >= 0.3 is 0 Å². The summed E-state index contributed by atoms with van der Waals surface area (Å²) in [6, 6.07) is 21.3. The molecule has 1 unspecified atom stereocenters. The number of sulfonamides is 1. The molecule has 1 saturated carbocycles. The zero-order chi connectivity index (χ0) is 28.0. The highest BCUT2D eigenvalue weighted by molar-refractivity contribution is 7.92. The van der Waals surface area contributed by atoms with Crippen molar-refractivity contribution in [1.82, 2.24) is 10.2 Å². The van der Waals surface area contributed by atoms with E-state index in [4.69, 9.17) is 11.6 Å². The average molecular weight is 568 g/mol. The van der Waals surface area contributed by atoms with Gasteiger partial charge in [-0.15, -0.1) is 0 Å². The predicted molar refractivity (Wildman–Crippen MR) is 154 cm³/mol. The molecule has 3 aromatic rings. The minimum Gasteiger partial charge on any atom is -0.352 e. The minimum atomic E-state index is -4.12. The van der Waals surface area contributed by atoms with E-state index in [1.165, 1.54) is 23.1 Å². The number of hydrogen-bond acceptors (Lipinski definition) is 4. The van der Waals surface area contributed by atoms with Crippen LogP contribution in [-0.2, 0) is 26.2 Å². The molecule has 206 valence electrons. The van der Waals surface area contributed by atoms with Crippen LogP contribution in [0, 0.1) is 6.92 Å². The summed E-state index contributed by atoms with van der Waals surface area (Å²) >= 11 is 6.21. The molecule has 0 spiro atoms. The Bertz CT molecular complexity index is 1390. The molecule has 2 amide bonds. The largest absolute Gasteiger partial charge is 0.352 e. The molecule has 4 rings (SSSR count). The topological polar surface area (TPSA) is 86.8 Å². The van der Waals surface area contributed by atoms with E-state index < -0.39 is 28.5 Å². The van der Waals surface area contributed by atoms with Crippen LogP contribution in [0.1, 0.15) is 43.7 Å². The lowest BCUT2D eigenvalue weighted by atomic mass is 10.1. The molecule has 9 heteroatoms. The molecule has 0 aliphatic heterocycles. The molecule has 0 aromatic heterocycles. The van der Waals surface area contributed by atoms with Gasteiger partial charge in [-0.2, -0.15) is 0 Å². The quantitative estimate of drug-likeness (QED) is 0.359. The molecule has 0 radical (unpaired) electrons. The Morgan fingerprint density at radius 2 is 1.64 bits per heavy atom. The van der Waals surface area contributed by atoms with Crippen molar-refractivity contribution < 1.29 is 18.0 Å². The summed E-state index contributed by atoms with van der Waals surface area (Å²) in [5.41, 5.74) is 2.18. The minimum absolute atomic E-state index is 0.0508. The van der Waals surface area contributed by atoms with E-state index in [0.717, 1.165) is 41.1 Å². The van der Waals surface area contributed by atoms with Crippen molar-refractivity contribution in [2.24, 2.45) is 0 Å². The smallest absolute Gasteiger partial charge is 0.264 e. The van der Waals surface area contributed by atoms with Crippen LogP contribution < -0.4 is 9.62 Å². The third-order valence-corrected chi connectivity index (χ3v) is 9.07. The summed E-state index contributed by atoms with van der Waals surface area (Å²) < 4.78 is 28.6. The maximum Gasteiger partial charge on any atom is 0.264 e. The number of benzene rings is 3. The van der Waals surface area contributed by atoms with Crippen LogP contribution in [0.25, 0.3) is 0 Å². The first-order valence-corrected chi connectivity index (χ1v) is 15.0. The first-order chi connectivity index (χ1) is 18.6. The van der Waals surface area contributed by atoms with Crippen LogP contribution in [0.3, 0.4) is 0 Å². The lowest BCUT2D eigenvalue weighted by Crippen LogP contribution is -2.52. The van der Waals surface area contributed by atoms with Gasteiger partial charge in [0.1, 0.15) is 12.6 Å². The van der Waals surface area contributed by atoms with Crippen molar-refractivity contribution in [2.45, 2.75) is 63.1 Å². The second-order valence-electron chi connectivity index (χ2n) is 9.98. The molecule has 3 aromatic carbocycles. The van der Waals surface area contributed by atoms with E-state index in [0.29, 0.717) is 5.02 Å². The van der Waals surface area contributed by atoms with Gasteiger partial charge in [-0.05, 0) is 62.6 Å². The van der Waals surface area contributed by atoms with Crippen molar-refractivity contribution in [3.8, 4) is 0 Å². The standard InChI is InChI=1S/C30H34ClN3O4S/c1-22-15-17-24(18-16-22)20-33(23(2)30(36)32-26-10-6-7-11-26)29(35)21-34(27-12-8-9-25(31)19-27)39(37,38)28-13-4-3-5-14-28/h3-5,8-9,12-19,23,26H,6-7,10-11,20-21H2,1-2H3,(H,32,36). The van der Waals surface area contributed by atoms with Gasteiger partial charge in [0, 0.05) is 17.6 Å².